The highest BCUT2D eigenvalue weighted by Crippen LogP contribution is 2.37. The molecule has 2 rings (SSSR count). The second-order valence-electron chi connectivity index (χ2n) is 7.98. The molecule has 1 unspecified atom stereocenters. The minimum atomic E-state index is -2.49. The molecule has 138 valence electrons. The molecular weight excluding hydrogens is 336 g/mol. The molecule has 0 spiro atoms. The van der Waals surface area contributed by atoms with Crippen molar-refractivity contribution in [1.82, 2.24) is 0 Å². The molecule has 2 aromatic rings. The van der Waals surface area contributed by atoms with Crippen molar-refractivity contribution in [3.05, 3.63) is 72.3 Å². The first kappa shape index (κ1) is 20.3. The predicted molar refractivity (Wildman–Crippen MR) is 113 cm³/mol. The van der Waals surface area contributed by atoms with Gasteiger partial charge in [-0.1, -0.05) is 94.4 Å². The average Bonchev–Trinajstić information content (AvgIpc) is 2.62. The fourth-order valence-electron chi connectivity index (χ4n) is 3.55. The minimum Gasteiger partial charge on any atom is -0.407 e. The lowest BCUT2D eigenvalue weighted by Crippen LogP contribution is -2.66. The summed E-state index contributed by atoms with van der Waals surface area (Å²) in [6.07, 6.45) is 2.89. The summed E-state index contributed by atoms with van der Waals surface area (Å²) in [5.74, 6) is 0.182. The van der Waals surface area contributed by atoms with Gasteiger partial charge in [-0.05, 0) is 33.8 Å². The third-order valence-electron chi connectivity index (χ3n) is 4.71. The van der Waals surface area contributed by atoms with Gasteiger partial charge in [-0.25, -0.2) is 0 Å². The number of hydrogen-bond donors (Lipinski definition) is 0. The van der Waals surface area contributed by atoms with Crippen LogP contribution in [0.15, 0.2) is 72.3 Å². The number of rotatable bonds is 7. The van der Waals surface area contributed by atoms with Crippen molar-refractivity contribution in [2.75, 3.05) is 6.61 Å². The highest BCUT2D eigenvalue weighted by molar-refractivity contribution is 6.99. The first-order valence-electron chi connectivity index (χ1n) is 9.20. The second-order valence-corrected chi connectivity index (χ2v) is 12.3. The summed E-state index contributed by atoms with van der Waals surface area (Å²) in [7, 11) is -2.49. The van der Waals surface area contributed by atoms with Crippen molar-refractivity contribution < 1.29 is 9.22 Å². The largest absolute Gasteiger partial charge is 0.407 e. The molecule has 0 aromatic heterocycles. The smallest absolute Gasteiger partial charge is 0.261 e. The van der Waals surface area contributed by atoms with E-state index in [1.807, 2.05) is 13.0 Å². The fourth-order valence-corrected chi connectivity index (χ4v) is 8.22. The monoisotopic (exact) mass is 366 g/mol. The maximum Gasteiger partial charge on any atom is 0.261 e. The predicted octanol–water partition coefficient (Wildman–Crippen LogP) is 4.34. The summed E-state index contributed by atoms with van der Waals surface area (Å²) in [5.41, 5.74) is 0.753. The van der Waals surface area contributed by atoms with Crippen LogP contribution < -0.4 is 10.4 Å². The standard InChI is InChI=1S/C23H30O2Si/c1-19(17-24)16-20(2)18-25-26(23(3,4)5,21-12-8-6-9-13-21)22-14-10-7-11-15-22/h6-17,20H,18H2,1-5H3/b19-16+. The molecule has 0 heterocycles. The SMILES string of the molecule is C/C(C=O)=C\C(C)CO[Si](c1ccccc1)(c1ccccc1)C(C)(C)C. The highest BCUT2D eigenvalue weighted by Gasteiger charge is 2.50. The first-order chi connectivity index (χ1) is 12.3. The van der Waals surface area contributed by atoms with Crippen LogP contribution in [0.25, 0.3) is 0 Å². The van der Waals surface area contributed by atoms with E-state index in [0.717, 1.165) is 11.9 Å². The van der Waals surface area contributed by atoms with E-state index in [-0.39, 0.29) is 11.0 Å². The van der Waals surface area contributed by atoms with E-state index in [2.05, 4.69) is 88.4 Å². The lowest BCUT2D eigenvalue weighted by Gasteiger charge is -2.43. The average molecular weight is 367 g/mol. The van der Waals surface area contributed by atoms with Crippen LogP contribution in [0.4, 0.5) is 0 Å². The van der Waals surface area contributed by atoms with Gasteiger partial charge in [0.15, 0.2) is 0 Å². The quantitative estimate of drug-likeness (QED) is 0.414. The Hall–Kier alpha value is -1.97. The van der Waals surface area contributed by atoms with Crippen molar-refractivity contribution in [2.24, 2.45) is 5.92 Å². The summed E-state index contributed by atoms with van der Waals surface area (Å²) in [4.78, 5) is 10.9. The van der Waals surface area contributed by atoms with Gasteiger partial charge in [0.1, 0.15) is 6.29 Å². The van der Waals surface area contributed by atoms with Crippen molar-refractivity contribution in [3.8, 4) is 0 Å². The van der Waals surface area contributed by atoms with Gasteiger partial charge < -0.3 is 4.43 Å². The third-order valence-corrected chi connectivity index (χ3v) is 9.72. The molecular formula is C23H30O2Si. The van der Waals surface area contributed by atoms with Crippen LogP contribution >= 0.6 is 0 Å². The van der Waals surface area contributed by atoms with Crippen LogP contribution in [-0.4, -0.2) is 21.2 Å². The zero-order valence-electron chi connectivity index (χ0n) is 16.5. The Labute approximate surface area is 159 Å². The molecule has 0 amide bonds. The zero-order valence-corrected chi connectivity index (χ0v) is 17.5. The van der Waals surface area contributed by atoms with E-state index in [4.69, 9.17) is 4.43 Å². The summed E-state index contributed by atoms with van der Waals surface area (Å²) >= 11 is 0. The molecule has 0 fully saturated rings. The Bertz CT molecular complexity index is 690. The van der Waals surface area contributed by atoms with Crippen LogP contribution in [0.1, 0.15) is 34.6 Å². The Morgan fingerprint density at radius 3 is 1.85 bits per heavy atom. The van der Waals surface area contributed by atoms with Crippen LogP contribution in [0.5, 0.6) is 0 Å². The molecule has 0 aliphatic carbocycles. The maximum absolute atomic E-state index is 10.9. The Kier molecular flexibility index (Phi) is 6.73. The molecule has 0 radical (unpaired) electrons. The molecule has 3 heteroatoms. The van der Waals surface area contributed by atoms with E-state index in [0.29, 0.717) is 6.61 Å². The van der Waals surface area contributed by atoms with Gasteiger partial charge in [0.05, 0.1) is 0 Å². The first-order valence-corrected chi connectivity index (χ1v) is 11.1. The molecule has 1 atom stereocenters. The number of aldehydes is 1. The molecule has 0 aliphatic heterocycles. The second kappa shape index (κ2) is 8.61. The van der Waals surface area contributed by atoms with E-state index in [1.54, 1.807) is 0 Å². The van der Waals surface area contributed by atoms with Crippen molar-refractivity contribution >= 4 is 25.0 Å². The molecule has 26 heavy (non-hydrogen) atoms. The van der Waals surface area contributed by atoms with Crippen molar-refractivity contribution in [1.29, 1.82) is 0 Å². The fraction of sp³-hybridized carbons (Fsp3) is 0.348. The van der Waals surface area contributed by atoms with Crippen molar-refractivity contribution in [2.45, 2.75) is 39.7 Å². The van der Waals surface area contributed by atoms with Crippen LogP contribution in [0.3, 0.4) is 0 Å². The zero-order chi connectivity index (χ0) is 19.2. The van der Waals surface area contributed by atoms with E-state index in [9.17, 15) is 4.79 Å². The van der Waals surface area contributed by atoms with Gasteiger partial charge in [0, 0.05) is 6.61 Å². The number of benzene rings is 2. The Morgan fingerprint density at radius 1 is 1.00 bits per heavy atom. The lowest BCUT2D eigenvalue weighted by molar-refractivity contribution is -0.104. The lowest BCUT2D eigenvalue weighted by atomic mass is 10.1. The normalized spacial score (nSPS) is 14.1. The molecule has 0 bridgehead atoms. The Morgan fingerprint density at radius 2 is 1.46 bits per heavy atom. The number of allylic oxidation sites excluding steroid dienone is 1. The summed E-state index contributed by atoms with van der Waals surface area (Å²) in [6, 6.07) is 21.3. The molecule has 0 N–H and O–H groups in total. The molecule has 2 nitrogen and oxygen atoms in total. The van der Waals surface area contributed by atoms with Gasteiger partial charge in [0.2, 0.25) is 0 Å². The van der Waals surface area contributed by atoms with Gasteiger partial charge in [-0.2, -0.15) is 0 Å². The van der Waals surface area contributed by atoms with Crippen LogP contribution in [0, 0.1) is 5.92 Å². The molecule has 2 aromatic carbocycles. The minimum absolute atomic E-state index is 0.0289. The highest BCUT2D eigenvalue weighted by atomic mass is 28.4. The van der Waals surface area contributed by atoms with Crippen LogP contribution in [0.2, 0.25) is 5.04 Å². The summed E-state index contributed by atoms with van der Waals surface area (Å²) in [5, 5.41) is 2.53. The number of carbonyl (C=O) groups excluding carboxylic acids is 1. The Balaban J connectivity index is 2.52. The topological polar surface area (TPSA) is 26.3 Å². The summed E-state index contributed by atoms with van der Waals surface area (Å²) < 4.78 is 6.85. The van der Waals surface area contributed by atoms with E-state index in [1.165, 1.54) is 10.4 Å². The maximum atomic E-state index is 10.9. The number of carbonyl (C=O) groups is 1. The van der Waals surface area contributed by atoms with Gasteiger partial charge in [0.25, 0.3) is 8.32 Å². The molecule has 0 aliphatic rings. The van der Waals surface area contributed by atoms with Gasteiger partial charge >= 0.3 is 0 Å². The van der Waals surface area contributed by atoms with E-state index >= 15 is 0 Å². The van der Waals surface area contributed by atoms with Crippen LogP contribution in [-0.2, 0) is 9.22 Å². The van der Waals surface area contributed by atoms with Gasteiger partial charge in [-0.3, -0.25) is 4.79 Å². The molecule has 0 saturated carbocycles. The van der Waals surface area contributed by atoms with E-state index < -0.39 is 8.32 Å². The van der Waals surface area contributed by atoms with Crippen molar-refractivity contribution in [3.63, 3.8) is 0 Å². The van der Waals surface area contributed by atoms with Gasteiger partial charge in [-0.15, -0.1) is 0 Å². The summed E-state index contributed by atoms with van der Waals surface area (Å²) in [6.45, 7) is 11.4. The third kappa shape index (κ3) is 4.40. The molecule has 0 saturated heterocycles. The number of hydrogen-bond acceptors (Lipinski definition) is 2.